The minimum atomic E-state index is -1.10. The fourth-order valence-corrected chi connectivity index (χ4v) is 6.10. The molecule has 46 heavy (non-hydrogen) atoms. The van der Waals surface area contributed by atoms with Crippen molar-refractivity contribution in [3.63, 3.8) is 0 Å². The van der Waals surface area contributed by atoms with E-state index in [1.165, 1.54) is 0 Å². The molecule has 7 rings (SSSR count). The number of carbonyl (C=O) groups is 1. The van der Waals surface area contributed by atoms with Crippen LogP contribution >= 0.6 is 11.6 Å². The lowest BCUT2D eigenvalue weighted by atomic mass is 9.94. The van der Waals surface area contributed by atoms with Crippen molar-refractivity contribution < 1.29 is 19.7 Å². The molecule has 3 atom stereocenters. The predicted molar refractivity (Wildman–Crippen MR) is 182 cm³/mol. The number of pyridine rings is 2. The molecular formula is C37H31ClN4O4. The normalized spacial score (nSPS) is 16.0. The molecule has 6 aromatic rings. The number of hydrogen-bond acceptors (Lipinski definition) is 7. The Labute approximate surface area is 270 Å². The molecule has 3 heterocycles. The van der Waals surface area contributed by atoms with Crippen molar-refractivity contribution in [1.29, 1.82) is 0 Å². The van der Waals surface area contributed by atoms with Crippen LogP contribution in [0.4, 0.5) is 16.2 Å². The fourth-order valence-electron chi connectivity index (χ4n) is 5.99. The van der Waals surface area contributed by atoms with Crippen LogP contribution < -0.4 is 10.2 Å². The van der Waals surface area contributed by atoms with Crippen LogP contribution in [0, 0.1) is 0 Å². The molecule has 1 aliphatic heterocycles. The van der Waals surface area contributed by atoms with Gasteiger partial charge < -0.3 is 20.3 Å². The molecule has 3 N–H and O–H groups in total. The third kappa shape index (κ3) is 5.74. The number of fused-ring (bicyclic) bond motifs is 2. The summed E-state index contributed by atoms with van der Waals surface area (Å²) in [5.41, 5.74) is 5.60. The third-order valence-corrected chi connectivity index (χ3v) is 8.69. The first-order chi connectivity index (χ1) is 22.5. The Balaban J connectivity index is 1.22. The van der Waals surface area contributed by atoms with Gasteiger partial charge in [-0.05, 0) is 64.9 Å². The second-order valence-electron chi connectivity index (χ2n) is 11.3. The maximum atomic E-state index is 13.3. The molecule has 0 saturated carbocycles. The molecule has 0 radical (unpaired) electrons. The first-order valence-electron chi connectivity index (χ1n) is 15.1. The molecule has 4 aromatic carbocycles. The SMILES string of the molecule is O=C1OC(C(O)c2ccc(NCC(O)CCl)c3cc(-c4ccccn4)ccc23)CN1c1cccc2ccc(-c3ccccn3)cc12. The Morgan fingerprint density at radius 3 is 2.24 bits per heavy atom. The first-order valence-corrected chi connectivity index (χ1v) is 15.6. The number of aliphatic hydroxyl groups is 2. The summed E-state index contributed by atoms with van der Waals surface area (Å²) in [6.07, 6.45) is 0.347. The fraction of sp³-hybridized carbons (Fsp3) is 0.162. The zero-order chi connectivity index (χ0) is 31.6. The molecule has 2 aromatic heterocycles. The van der Waals surface area contributed by atoms with E-state index in [0.717, 1.165) is 49.7 Å². The molecule has 230 valence electrons. The number of benzene rings is 4. The van der Waals surface area contributed by atoms with Gasteiger partial charge in [0.05, 0.1) is 35.6 Å². The van der Waals surface area contributed by atoms with Crippen LogP contribution in [0.2, 0.25) is 0 Å². The van der Waals surface area contributed by atoms with Crippen LogP contribution in [-0.2, 0) is 4.74 Å². The second kappa shape index (κ2) is 12.8. The van der Waals surface area contributed by atoms with Crippen molar-refractivity contribution in [2.75, 3.05) is 29.2 Å². The zero-order valence-corrected chi connectivity index (χ0v) is 25.5. The summed E-state index contributed by atoms with van der Waals surface area (Å²) in [6.45, 7) is 0.430. The summed E-state index contributed by atoms with van der Waals surface area (Å²) < 4.78 is 5.83. The number of anilines is 2. The highest BCUT2D eigenvalue weighted by molar-refractivity contribution is 6.18. The summed E-state index contributed by atoms with van der Waals surface area (Å²) in [4.78, 5) is 23.9. The lowest BCUT2D eigenvalue weighted by Crippen LogP contribution is -2.27. The Morgan fingerprint density at radius 2 is 1.54 bits per heavy atom. The molecule has 3 unspecified atom stereocenters. The molecule has 1 saturated heterocycles. The number of amides is 1. The van der Waals surface area contributed by atoms with Gasteiger partial charge in [-0.2, -0.15) is 0 Å². The van der Waals surface area contributed by atoms with E-state index in [4.69, 9.17) is 16.3 Å². The zero-order valence-electron chi connectivity index (χ0n) is 24.8. The van der Waals surface area contributed by atoms with Gasteiger partial charge in [-0.3, -0.25) is 14.9 Å². The van der Waals surface area contributed by atoms with Gasteiger partial charge in [-0.1, -0.05) is 54.6 Å². The van der Waals surface area contributed by atoms with E-state index in [2.05, 4.69) is 15.3 Å². The quantitative estimate of drug-likeness (QED) is 0.145. The monoisotopic (exact) mass is 630 g/mol. The van der Waals surface area contributed by atoms with Crippen LogP contribution in [0.5, 0.6) is 0 Å². The van der Waals surface area contributed by atoms with E-state index in [9.17, 15) is 15.0 Å². The lowest BCUT2D eigenvalue weighted by molar-refractivity contribution is 0.0327. The van der Waals surface area contributed by atoms with Crippen LogP contribution in [0.25, 0.3) is 44.1 Å². The van der Waals surface area contributed by atoms with E-state index in [-0.39, 0.29) is 19.0 Å². The molecule has 1 aliphatic rings. The number of aliphatic hydroxyl groups excluding tert-OH is 2. The molecule has 1 fully saturated rings. The van der Waals surface area contributed by atoms with E-state index >= 15 is 0 Å². The Kier molecular flexibility index (Phi) is 8.24. The van der Waals surface area contributed by atoms with E-state index in [0.29, 0.717) is 11.3 Å². The van der Waals surface area contributed by atoms with Crippen LogP contribution in [0.1, 0.15) is 11.7 Å². The van der Waals surface area contributed by atoms with Crippen molar-refractivity contribution in [1.82, 2.24) is 9.97 Å². The van der Waals surface area contributed by atoms with Gasteiger partial charge >= 0.3 is 6.09 Å². The third-order valence-electron chi connectivity index (χ3n) is 8.33. The summed E-state index contributed by atoms with van der Waals surface area (Å²) in [5.74, 6) is 0.103. The standard InChI is InChI=1S/C37H31ClN4O4/c38-20-26(43)21-41-33-15-14-28(27-13-12-25(19-30(27)33)32-8-2-4-17-40-32)36(44)35-22-42(37(45)46-35)34-9-5-6-23-10-11-24(18-29(23)34)31-7-1-3-16-39-31/h1-19,26,35-36,41,43-44H,20-22H2. The first kappa shape index (κ1) is 29.7. The van der Waals surface area contributed by atoms with E-state index in [1.807, 2.05) is 103 Å². The minimum Gasteiger partial charge on any atom is -0.441 e. The predicted octanol–water partition coefficient (Wildman–Crippen LogP) is 7.19. The maximum Gasteiger partial charge on any atom is 0.414 e. The number of hydrogen-bond donors (Lipinski definition) is 3. The average Bonchev–Trinajstić information content (AvgIpc) is 3.51. The number of ether oxygens (including phenoxy) is 1. The number of carbonyl (C=O) groups excluding carboxylic acids is 1. The topological polar surface area (TPSA) is 108 Å². The number of alkyl halides is 1. The van der Waals surface area contributed by atoms with E-state index < -0.39 is 24.4 Å². The highest BCUT2D eigenvalue weighted by Crippen LogP contribution is 2.38. The number of cyclic esters (lactones) is 1. The highest BCUT2D eigenvalue weighted by Gasteiger charge is 2.38. The number of nitrogens with zero attached hydrogens (tertiary/aromatic N) is 3. The van der Waals surface area contributed by atoms with Crippen molar-refractivity contribution >= 4 is 50.6 Å². The van der Waals surface area contributed by atoms with Gasteiger partial charge in [-0.25, -0.2) is 4.79 Å². The molecule has 8 nitrogen and oxygen atoms in total. The number of nitrogens with one attached hydrogen (secondary N) is 1. The molecule has 9 heteroatoms. The molecule has 1 amide bonds. The maximum absolute atomic E-state index is 13.3. The highest BCUT2D eigenvalue weighted by atomic mass is 35.5. The van der Waals surface area contributed by atoms with Crippen molar-refractivity contribution in [2.24, 2.45) is 0 Å². The summed E-state index contributed by atoms with van der Waals surface area (Å²) in [7, 11) is 0. The summed E-state index contributed by atoms with van der Waals surface area (Å²) >= 11 is 5.84. The van der Waals surface area contributed by atoms with Gasteiger partial charge in [0, 0.05) is 46.5 Å². The van der Waals surface area contributed by atoms with Gasteiger partial charge in [0.15, 0.2) is 6.10 Å². The second-order valence-corrected chi connectivity index (χ2v) is 11.6. The summed E-state index contributed by atoms with van der Waals surface area (Å²) in [5, 5.41) is 28.6. The number of aromatic nitrogens is 2. The molecule has 0 bridgehead atoms. The number of rotatable bonds is 9. The summed E-state index contributed by atoms with van der Waals surface area (Å²) in [6, 6.07) is 33.0. The van der Waals surface area contributed by atoms with Gasteiger partial charge in [0.25, 0.3) is 0 Å². The van der Waals surface area contributed by atoms with Crippen LogP contribution in [-0.4, -0.2) is 57.5 Å². The van der Waals surface area contributed by atoms with Crippen molar-refractivity contribution in [3.05, 3.63) is 121 Å². The molecular weight excluding hydrogens is 600 g/mol. The Morgan fingerprint density at radius 1 is 0.826 bits per heavy atom. The van der Waals surface area contributed by atoms with Gasteiger partial charge in [0.2, 0.25) is 0 Å². The molecule has 0 spiro atoms. The Hall–Kier alpha value is -5.02. The van der Waals surface area contributed by atoms with Gasteiger partial charge in [-0.15, -0.1) is 11.6 Å². The van der Waals surface area contributed by atoms with Crippen LogP contribution in [0.3, 0.4) is 0 Å². The minimum absolute atomic E-state index is 0.103. The van der Waals surface area contributed by atoms with Crippen molar-refractivity contribution in [3.8, 4) is 22.5 Å². The molecule has 0 aliphatic carbocycles. The van der Waals surface area contributed by atoms with E-state index in [1.54, 1.807) is 17.3 Å². The van der Waals surface area contributed by atoms with Crippen molar-refractivity contribution in [2.45, 2.75) is 18.3 Å². The smallest absolute Gasteiger partial charge is 0.414 e. The lowest BCUT2D eigenvalue weighted by Gasteiger charge is -2.21. The number of halogens is 1. The average molecular weight is 631 g/mol. The largest absolute Gasteiger partial charge is 0.441 e. The Bertz CT molecular complexity index is 2030. The van der Waals surface area contributed by atoms with Gasteiger partial charge in [0.1, 0.15) is 6.10 Å². The van der Waals surface area contributed by atoms with Crippen LogP contribution in [0.15, 0.2) is 116 Å².